The topological polar surface area (TPSA) is 38.3 Å². The fraction of sp³-hybridized carbons (Fsp3) is 0.188. The van der Waals surface area contributed by atoms with Gasteiger partial charge in [0.15, 0.2) is 0 Å². The third-order valence-corrected chi connectivity index (χ3v) is 2.79. The standard InChI is InChI=1S/C16H16FNO2/c1-12-5-2-3-8-15(12)20-10-9-16(19)18-14-7-4-6-13(17)11-14/h2-8,11H,9-10H2,1H3,(H,18,19). The Morgan fingerprint density at radius 2 is 2.00 bits per heavy atom. The number of carbonyl (C=O) groups excluding carboxylic acids is 1. The van der Waals surface area contributed by atoms with Crippen LogP contribution in [0.15, 0.2) is 48.5 Å². The summed E-state index contributed by atoms with van der Waals surface area (Å²) in [5.41, 5.74) is 1.48. The maximum Gasteiger partial charge on any atom is 0.227 e. The molecule has 0 saturated heterocycles. The van der Waals surface area contributed by atoms with Gasteiger partial charge < -0.3 is 10.1 Å². The zero-order valence-corrected chi connectivity index (χ0v) is 11.2. The number of nitrogens with one attached hydrogen (secondary N) is 1. The van der Waals surface area contributed by atoms with Crippen molar-refractivity contribution in [3.63, 3.8) is 0 Å². The van der Waals surface area contributed by atoms with Gasteiger partial charge in [0.2, 0.25) is 5.91 Å². The first kappa shape index (κ1) is 14.1. The quantitative estimate of drug-likeness (QED) is 0.904. The van der Waals surface area contributed by atoms with Crippen molar-refractivity contribution in [1.29, 1.82) is 0 Å². The molecule has 0 atom stereocenters. The van der Waals surface area contributed by atoms with E-state index in [0.717, 1.165) is 11.3 Å². The zero-order valence-electron chi connectivity index (χ0n) is 11.2. The van der Waals surface area contributed by atoms with Crippen molar-refractivity contribution in [1.82, 2.24) is 0 Å². The first-order valence-corrected chi connectivity index (χ1v) is 6.39. The lowest BCUT2D eigenvalue weighted by atomic mass is 10.2. The van der Waals surface area contributed by atoms with Gasteiger partial charge in [-0.1, -0.05) is 24.3 Å². The predicted octanol–water partition coefficient (Wildman–Crippen LogP) is 3.54. The number of rotatable bonds is 5. The summed E-state index contributed by atoms with van der Waals surface area (Å²) in [6.45, 7) is 2.23. The molecule has 0 aliphatic rings. The van der Waals surface area contributed by atoms with Gasteiger partial charge in [0, 0.05) is 5.69 Å². The minimum absolute atomic E-state index is 0.204. The molecule has 1 N–H and O–H groups in total. The molecule has 0 aliphatic heterocycles. The lowest BCUT2D eigenvalue weighted by Gasteiger charge is -2.09. The molecule has 1 amide bonds. The Kier molecular flexibility index (Phi) is 4.71. The van der Waals surface area contributed by atoms with Crippen molar-refractivity contribution in [2.75, 3.05) is 11.9 Å². The number of carbonyl (C=O) groups is 1. The minimum atomic E-state index is -0.376. The average Bonchev–Trinajstić information content (AvgIpc) is 2.41. The Morgan fingerprint density at radius 1 is 1.20 bits per heavy atom. The van der Waals surface area contributed by atoms with Crippen LogP contribution in [0.25, 0.3) is 0 Å². The normalized spacial score (nSPS) is 10.1. The van der Waals surface area contributed by atoms with E-state index in [2.05, 4.69) is 5.32 Å². The Labute approximate surface area is 117 Å². The monoisotopic (exact) mass is 273 g/mol. The number of hydrogen-bond donors (Lipinski definition) is 1. The third kappa shape index (κ3) is 4.09. The molecular weight excluding hydrogens is 257 g/mol. The first-order chi connectivity index (χ1) is 9.65. The second-order valence-electron chi connectivity index (χ2n) is 4.42. The van der Waals surface area contributed by atoms with Crippen molar-refractivity contribution in [2.45, 2.75) is 13.3 Å². The van der Waals surface area contributed by atoms with Gasteiger partial charge in [0.25, 0.3) is 0 Å². The summed E-state index contributed by atoms with van der Waals surface area (Å²) in [7, 11) is 0. The van der Waals surface area contributed by atoms with Gasteiger partial charge >= 0.3 is 0 Å². The molecule has 0 radical (unpaired) electrons. The SMILES string of the molecule is Cc1ccccc1OCCC(=O)Nc1cccc(F)c1. The number of benzene rings is 2. The number of amides is 1. The predicted molar refractivity (Wildman–Crippen MR) is 76.3 cm³/mol. The van der Waals surface area contributed by atoms with Crippen LogP contribution in [0.5, 0.6) is 5.75 Å². The van der Waals surface area contributed by atoms with E-state index in [1.807, 2.05) is 31.2 Å². The summed E-state index contributed by atoms with van der Waals surface area (Å²) in [6.07, 6.45) is 0.213. The Bertz CT molecular complexity index is 599. The van der Waals surface area contributed by atoms with E-state index < -0.39 is 0 Å². The number of para-hydroxylation sites is 1. The number of halogens is 1. The summed E-state index contributed by atoms with van der Waals surface area (Å²) >= 11 is 0. The lowest BCUT2D eigenvalue weighted by molar-refractivity contribution is -0.116. The molecule has 104 valence electrons. The third-order valence-electron chi connectivity index (χ3n) is 2.79. The van der Waals surface area contributed by atoms with Crippen molar-refractivity contribution < 1.29 is 13.9 Å². The average molecular weight is 273 g/mol. The summed E-state index contributed by atoms with van der Waals surface area (Å²) < 4.78 is 18.5. The van der Waals surface area contributed by atoms with E-state index in [1.54, 1.807) is 12.1 Å². The number of anilines is 1. The molecule has 4 heteroatoms. The first-order valence-electron chi connectivity index (χ1n) is 6.39. The van der Waals surface area contributed by atoms with Crippen LogP contribution in [0.2, 0.25) is 0 Å². The summed E-state index contributed by atoms with van der Waals surface area (Å²) in [5.74, 6) is 0.189. The highest BCUT2D eigenvalue weighted by Crippen LogP contribution is 2.16. The van der Waals surface area contributed by atoms with Crippen LogP contribution in [0.4, 0.5) is 10.1 Å². The molecule has 0 unspecified atom stereocenters. The van der Waals surface area contributed by atoms with E-state index in [9.17, 15) is 9.18 Å². The lowest BCUT2D eigenvalue weighted by Crippen LogP contribution is -2.15. The molecule has 0 aromatic heterocycles. The Morgan fingerprint density at radius 3 is 2.75 bits per heavy atom. The Balaban J connectivity index is 1.80. The molecule has 3 nitrogen and oxygen atoms in total. The zero-order chi connectivity index (χ0) is 14.4. The van der Waals surface area contributed by atoms with Crippen molar-refractivity contribution in [3.8, 4) is 5.75 Å². The van der Waals surface area contributed by atoms with Crippen LogP contribution in [0.3, 0.4) is 0 Å². The van der Waals surface area contributed by atoms with Crippen LogP contribution in [-0.2, 0) is 4.79 Å². The molecule has 0 bridgehead atoms. The van der Waals surface area contributed by atoms with Crippen LogP contribution in [0, 0.1) is 12.7 Å². The van der Waals surface area contributed by atoms with Crippen molar-refractivity contribution in [3.05, 3.63) is 59.9 Å². The number of aryl methyl sites for hydroxylation is 1. The molecular formula is C16H16FNO2. The number of ether oxygens (including phenoxy) is 1. The Hall–Kier alpha value is -2.36. The van der Waals surface area contributed by atoms with Crippen LogP contribution in [0.1, 0.15) is 12.0 Å². The largest absolute Gasteiger partial charge is 0.493 e. The molecule has 0 heterocycles. The molecule has 0 fully saturated rings. The maximum atomic E-state index is 13.0. The fourth-order valence-electron chi connectivity index (χ4n) is 1.76. The summed E-state index contributed by atoms with van der Waals surface area (Å²) in [5, 5.41) is 2.62. The fourth-order valence-corrected chi connectivity index (χ4v) is 1.76. The highest BCUT2D eigenvalue weighted by Gasteiger charge is 2.04. The smallest absolute Gasteiger partial charge is 0.227 e. The highest BCUT2D eigenvalue weighted by molar-refractivity contribution is 5.90. The van der Waals surface area contributed by atoms with E-state index in [0.29, 0.717) is 5.69 Å². The van der Waals surface area contributed by atoms with E-state index >= 15 is 0 Å². The molecule has 0 saturated carbocycles. The van der Waals surface area contributed by atoms with Gasteiger partial charge in [0.05, 0.1) is 13.0 Å². The van der Waals surface area contributed by atoms with Gasteiger partial charge in [-0.05, 0) is 36.8 Å². The highest BCUT2D eigenvalue weighted by atomic mass is 19.1. The summed E-state index contributed by atoms with van der Waals surface area (Å²) in [6, 6.07) is 13.4. The van der Waals surface area contributed by atoms with E-state index in [1.165, 1.54) is 12.1 Å². The van der Waals surface area contributed by atoms with Crippen LogP contribution in [-0.4, -0.2) is 12.5 Å². The van der Waals surface area contributed by atoms with Crippen LogP contribution >= 0.6 is 0 Å². The van der Waals surface area contributed by atoms with Gasteiger partial charge in [-0.2, -0.15) is 0 Å². The van der Waals surface area contributed by atoms with E-state index in [4.69, 9.17) is 4.74 Å². The molecule has 0 aliphatic carbocycles. The number of hydrogen-bond acceptors (Lipinski definition) is 2. The van der Waals surface area contributed by atoms with Gasteiger partial charge in [-0.3, -0.25) is 4.79 Å². The minimum Gasteiger partial charge on any atom is -0.493 e. The molecule has 2 rings (SSSR count). The van der Waals surface area contributed by atoms with Gasteiger partial charge in [0.1, 0.15) is 11.6 Å². The molecule has 0 spiro atoms. The van der Waals surface area contributed by atoms with E-state index in [-0.39, 0.29) is 24.8 Å². The van der Waals surface area contributed by atoms with Crippen molar-refractivity contribution in [2.24, 2.45) is 0 Å². The van der Waals surface area contributed by atoms with Gasteiger partial charge in [-0.25, -0.2) is 4.39 Å². The molecule has 2 aromatic carbocycles. The second kappa shape index (κ2) is 6.70. The van der Waals surface area contributed by atoms with Crippen molar-refractivity contribution >= 4 is 11.6 Å². The molecule has 2 aromatic rings. The van der Waals surface area contributed by atoms with Crippen LogP contribution < -0.4 is 10.1 Å². The summed E-state index contributed by atoms with van der Waals surface area (Å²) in [4.78, 5) is 11.7. The molecule has 20 heavy (non-hydrogen) atoms. The second-order valence-corrected chi connectivity index (χ2v) is 4.42. The maximum absolute atomic E-state index is 13.0. The van der Waals surface area contributed by atoms with Gasteiger partial charge in [-0.15, -0.1) is 0 Å².